The van der Waals surface area contributed by atoms with Crippen molar-refractivity contribution in [2.45, 2.75) is 9.65 Å². The van der Waals surface area contributed by atoms with Gasteiger partial charge in [-0.05, 0) is 18.2 Å². The zero-order valence-corrected chi connectivity index (χ0v) is 15.1. The maximum absolute atomic E-state index is 12.3. The van der Waals surface area contributed by atoms with Crippen LogP contribution in [0.4, 0.5) is 5.88 Å². The molecule has 1 heterocycles. The lowest BCUT2D eigenvalue weighted by atomic mass is 10.1. The van der Waals surface area contributed by atoms with Gasteiger partial charge in [0, 0.05) is 10.0 Å². The fraction of sp³-hybridized carbons (Fsp3) is 0.154. The highest BCUT2D eigenvalue weighted by atomic mass is 79.9. The van der Waals surface area contributed by atoms with Gasteiger partial charge in [0.2, 0.25) is 0 Å². The first-order valence-corrected chi connectivity index (χ1v) is 8.34. The lowest BCUT2D eigenvalue weighted by molar-refractivity contribution is -0.402. The van der Waals surface area contributed by atoms with Gasteiger partial charge >= 0.3 is 5.88 Å². The van der Waals surface area contributed by atoms with Gasteiger partial charge in [-0.1, -0.05) is 59.9 Å². The third-order valence-electron chi connectivity index (χ3n) is 2.70. The predicted octanol–water partition coefficient (Wildman–Crippen LogP) is 5.03. The van der Waals surface area contributed by atoms with E-state index in [1.54, 1.807) is 24.3 Å². The minimum Gasteiger partial charge on any atom is -0.405 e. The average Bonchev–Trinajstić information content (AvgIpc) is 2.96. The van der Waals surface area contributed by atoms with Crippen LogP contribution in [-0.2, 0) is 0 Å². The molecule has 0 spiro atoms. The predicted molar refractivity (Wildman–Crippen MR) is 88.2 cm³/mol. The maximum Gasteiger partial charge on any atom is 0.433 e. The lowest BCUT2D eigenvalue weighted by Gasteiger charge is -2.13. The van der Waals surface area contributed by atoms with Gasteiger partial charge in [0.05, 0.1) is 15.7 Å². The summed E-state index contributed by atoms with van der Waals surface area (Å²) in [6.45, 7) is 0. The summed E-state index contributed by atoms with van der Waals surface area (Å²) in [5.41, 5.74) is 0.533. The SMILES string of the molecule is O=C(c1ccc(Br)cc1)[C@H](Br)[C@H](Br)c1ccc([N+](=O)[O-])o1. The Morgan fingerprint density at radius 1 is 1.14 bits per heavy atom. The van der Waals surface area contributed by atoms with Crippen LogP contribution in [0.25, 0.3) is 0 Å². The molecule has 5 nitrogen and oxygen atoms in total. The topological polar surface area (TPSA) is 73.3 Å². The lowest BCUT2D eigenvalue weighted by Crippen LogP contribution is -2.18. The molecule has 0 unspecified atom stereocenters. The molecule has 0 N–H and O–H groups in total. The van der Waals surface area contributed by atoms with Gasteiger partial charge in [0.1, 0.15) is 10.7 Å². The van der Waals surface area contributed by atoms with E-state index in [0.717, 1.165) is 4.47 Å². The zero-order chi connectivity index (χ0) is 15.6. The molecule has 2 rings (SSSR count). The number of benzene rings is 1. The van der Waals surface area contributed by atoms with Crippen molar-refractivity contribution in [3.05, 3.63) is 62.3 Å². The number of furan rings is 1. The third kappa shape index (κ3) is 3.81. The number of alkyl halides is 2. The third-order valence-corrected chi connectivity index (χ3v) is 5.86. The van der Waals surface area contributed by atoms with Crippen molar-refractivity contribution in [2.24, 2.45) is 0 Å². The van der Waals surface area contributed by atoms with Crippen LogP contribution < -0.4 is 0 Å². The molecule has 1 aromatic heterocycles. The van der Waals surface area contributed by atoms with Crippen LogP contribution >= 0.6 is 47.8 Å². The molecule has 0 saturated carbocycles. The molecule has 0 aliphatic heterocycles. The smallest absolute Gasteiger partial charge is 0.405 e. The molecule has 2 aromatic rings. The van der Waals surface area contributed by atoms with Crippen LogP contribution in [0.2, 0.25) is 0 Å². The van der Waals surface area contributed by atoms with Crippen LogP contribution in [-0.4, -0.2) is 15.5 Å². The van der Waals surface area contributed by atoms with Crippen molar-refractivity contribution in [1.29, 1.82) is 0 Å². The van der Waals surface area contributed by atoms with Gasteiger partial charge in [-0.3, -0.25) is 14.9 Å². The van der Waals surface area contributed by atoms with E-state index < -0.39 is 14.6 Å². The number of Topliss-reactive ketones (excluding diaryl/α,β-unsaturated/α-hetero) is 1. The highest BCUT2D eigenvalue weighted by Crippen LogP contribution is 2.35. The number of nitro groups is 1. The summed E-state index contributed by atoms with van der Waals surface area (Å²) in [7, 11) is 0. The van der Waals surface area contributed by atoms with Gasteiger partial charge in [0.15, 0.2) is 5.78 Å². The molecule has 0 fully saturated rings. The Hall–Kier alpha value is -0.990. The summed E-state index contributed by atoms with van der Waals surface area (Å²) in [4.78, 5) is 21.2. The molecule has 21 heavy (non-hydrogen) atoms. The van der Waals surface area contributed by atoms with Gasteiger partial charge in [0.25, 0.3) is 0 Å². The van der Waals surface area contributed by atoms with E-state index in [1.807, 2.05) is 0 Å². The van der Waals surface area contributed by atoms with Crippen LogP contribution in [0, 0.1) is 10.1 Å². The molecule has 0 bridgehead atoms. The molecule has 8 heteroatoms. The molecule has 1 aromatic carbocycles. The normalized spacial score (nSPS) is 13.7. The minimum atomic E-state index is -0.622. The molecule has 0 radical (unpaired) electrons. The number of hydrogen-bond acceptors (Lipinski definition) is 4. The van der Waals surface area contributed by atoms with E-state index >= 15 is 0 Å². The summed E-state index contributed by atoms with van der Waals surface area (Å²) >= 11 is 9.94. The molecular formula is C13H8Br3NO4. The fourth-order valence-corrected chi connectivity index (χ4v) is 2.91. The van der Waals surface area contributed by atoms with E-state index in [1.165, 1.54) is 12.1 Å². The highest BCUT2D eigenvalue weighted by molar-refractivity contribution is 9.12. The first-order chi connectivity index (χ1) is 9.90. The quantitative estimate of drug-likeness (QED) is 0.260. The highest BCUT2D eigenvalue weighted by Gasteiger charge is 2.29. The first-order valence-electron chi connectivity index (χ1n) is 5.72. The van der Waals surface area contributed by atoms with Gasteiger partial charge in [-0.2, -0.15) is 0 Å². The van der Waals surface area contributed by atoms with Gasteiger partial charge in [-0.15, -0.1) is 0 Å². The largest absolute Gasteiger partial charge is 0.433 e. The second-order valence-electron chi connectivity index (χ2n) is 4.11. The molecule has 110 valence electrons. The number of ketones is 1. The molecule has 0 amide bonds. The summed E-state index contributed by atoms with van der Waals surface area (Å²) in [6, 6.07) is 9.67. The number of carbonyl (C=O) groups excluding carboxylic acids is 1. The Labute approximate surface area is 145 Å². The Bertz CT molecular complexity index is 668. The maximum atomic E-state index is 12.3. The van der Waals surface area contributed by atoms with Crippen molar-refractivity contribution in [3.63, 3.8) is 0 Å². The Kier molecular flexibility index (Phi) is 5.34. The monoisotopic (exact) mass is 479 g/mol. The molecule has 0 saturated heterocycles. The van der Waals surface area contributed by atoms with E-state index in [-0.39, 0.29) is 11.7 Å². The standard InChI is InChI=1S/C13H8Br3NO4/c14-8-3-1-7(2-4-8)13(18)12(16)11(15)9-5-6-10(21-9)17(19)20/h1-6,11-12H/t11-,12-/m1/s1. The molecule has 2 atom stereocenters. The summed E-state index contributed by atoms with van der Waals surface area (Å²) in [5.74, 6) is -0.192. The van der Waals surface area contributed by atoms with E-state index in [0.29, 0.717) is 11.3 Å². The van der Waals surface area contributed by atoms with Crippen molar-refractivity contribution in [2.75, 3.05) is 0 Å². The number of hydrogen-bond donors (Lipinski definition) is 0. The first kappa shape index (κ1) is 16.4. The summed E-state index contributed by atoms with van der Waals surface area (Å²) in [6.07, 6.45) is 0. The Balaban J connectivity index is 2.17. The second kappa shape index (κ2) is 6.85. The van der Waals surface area contributed by atoms with Crippen LogP contribution in [0.15, 0.2) is 45.3 Å². The van der Waals surface area contributed by atoms with Crippen molar-refractivity contribution in [1.82, 2.24) is 0 Å². The Morgan fingerprint density at radius 3 is 2.29 bits per heavy atom. The van der Waals surface area contributed by atoms with E-state index in [4.69, 9.17) is 4.42 Å². The Morgan fingerprint density at radius 2 is 1.76 bits per heavy atom. The molecular weight excluding hydrogens is 474 g/mol. The van der Waals surface area contributed by atoms with E-state index in [9.17, 15) is 14.9 Å². The number of nitrogens with zero attached hydrogens (tertiary/aromatic N) is 1. The van der Waals surface area contributed by atoms with Crippen molar-refractivity contribution >= 4 is 59.5 Å². The van der Waals surface area contributed by atoms with Crippen molar-refractivity contribution < 1.29 is 14.1 Å². The van der Waals surface area contributed by atoms with Crippen LogP contribution in [0.1, 0.15) is 20.9 Å². The number of halogens is 3. The van der Waals surface area contributed by atoms with Crippen molar-refractivity contribution in [3.8, 4) is 0 Å². The zero-order valence-electron chi connectivity index (χ0n) is 10.3. The molecule has 0 aliphatic carbocycles. The molecule has 0 aliphatic rings. The summed E-state index contributed by atoms with van der Waals surface area (Å²) in [5, 5.41) is 10.6. The van der Waals surface area contributed by atoms with Gasteiger partial charge < -0.3 is 4.42 Å². The van der Waals surface area contributed by atoms with Crippen LogP contribution in [0.3, 0.4) is 0 Å². The van der Waals surface area contributed by atoms with E-state index in [2.05, 4.69) is 47.8 Å². The van der Waals surface area contributed by atoms with Gasteiger partial charge in [-0.25, -0.2) is 0 Å². The number of carbonyl (C=O) groups is 1. The minimum absolute atomic E-state index is 0.150. The number of rotatable bonds is 5. The second-order valence-corrected chi connectivity index (χ2v) is 7.00. The summed E-state index contributed by atoms with van der Waals surface area (Å²) < 4.78 is 5.97. The average molecular weight is 482 g/mol. The fourth-order valence-electron chi connectivity index (χ4n) is 1.64. The van der Waals surface area contributed by atoms with Crippen LogP contribution in [0.5, 0.6) is 0 Å².